The number of nitrogens with one attached hydrogen (secondary N) is 1. The van der Waals surface area contributed by atoms with Gasteiger partial charge in [-0.25, -0.2) is 9.59 Å². The number of hydrogen-bond acceptors (Lipinski definition) is 3. The Morgan fingerprint density at radius 3 is 3.00 bits per heavy atom. The highest BCUT2D eigenvalue weighted by molar-refractivity contribution is 5.89. The van der Waals surface area contributed by atoms with Crippen molar-refractivity contribution in [1.82, 2.24) is 10.2 Å². The van der Waals surface area contributed by atoms with Crippen molar-refractivity contribution in [2.24, 2.45) is 5.92 Å². The lowest BCUT2D eigenvalue weighted by Gasteiger charge is -2.31. The summed E-state index contributed by atoms with van der Waals surface area (Å²) in [6.07, 6.45) is 1.95. The first-order valence-corrected chi connectivity index (χ1v) is 8.19. The highest BCUT2D eigenvalue weighted by Crippen LogP contribution is 2.20. The minimum absolute atomic E-state index is 0.0115. The number of rotatable bonds is 3. The quantitative estimate of drug-likeness (QED) is 0.932. The normalized spacial score (nSPS) is 21.3. The van der Waals surface area contributed by atoms with Gasteiger partial charge >= 0.3 is 12.1 Å². The maximum absolute atomic E-state index is 12.2. The molecule has 6 heteroatoms. The molecule has 0 saturated carbocycles. The Labute approximate surface area is 136 Å². The molecule has 1 aromatic rings. The monoisotopic (exact) mass is 317 g/mol. The van der Waals surface area contributed by atoms with Crippen molar-refractivity contribution in [3.63, 3.8) is 0 Å². The third-order valence-electron chi connectivity index (χ3n) is 4.37. The van der Waals surface area contributed by atoms with Crippen molar-refractivity contribution in [3.05, 3.63) is 29.8 Å². The van der Waals surface area contributed by atoms with Crippen LogP contribution < -0.4 is 10.2 Å². The summed E-state index contributed by atoms with van der Waals surface area (Å²) in [5, 5.41) is 2.97. The number of carbonyl (C=O) groups is 2. The summed E-state index contributed by atoms with van der Waals surface area (Å²) in [5.74, 6) is 0.569. The van der Waals surface area contributed by atoms with Crippen LogP contribution in [0.4, 0.5) is 15.3 Å². The second kappa shape index (κ2) is 6.89. The van der Waals surface area contributed by atoms with Gasteiger partial charge in [-0.2, -0.15) is 0 Å². The Bertz CT molecular complexity index is 590. The number of likely N-dealkylation sites (tertiary alicyclic amines) is 1. The lowest BCUT2D eigenvalue weighted by atomic mass is 10.0. The molecular weight excluding hydrogens is 294 g/mol. The Hall–Kier alpha value is -2.24. The molecule has 3 amide bonds. The van der Waals surface area contributed by atoms with Crippen molar-refractivity contribution >= 4 is 17.8 Å². The van der Waals surface area contributed by atoms with E-state index in [1.807, 2.05) is 29.2 Å². The van der Waals surface area contributed by atoms with E-state index < -0.39 is 0 Å². The fraction of sp³-hybridized carbons (Fsp3) is 0.529. The van der Waals surface area contributed by atoms with Crippen LogP contribution in [0, 0.1) is 5.92 Å². The summed E-state index contributed by atoms with van der Waals surface area (Å²) in [6.45, 7) is 5.28. The van der Waals surface area contributed by atoms with Crippen LogP contribution >= 0.6 is 0 Å². The fourth-order valence-corrected chi connectivity index (χ4v) is 3.13. The number of ether oxygens (including phenoxy) is 1. The van der Waals surface area contributed by atoms with Crippen LogP contribution in [0.25, 0.3) is 0 Å². The molecule has 6 nitrogen and oxygen atoms in total. The summed E-state index contributed by atoms with van der Waals surface area (Å²) in [5.41, 5.74) is 1.78. The molecular formula is C17H23N3O3. The molecule has 2 saturated heterocycles. The van der Waals surface area contributed by atoms with Crippen LogP contribution in [-0.2, 0) is 11.3 Å². The lowest BCUT2D eigenvalue weighted by Crippen LogP contribution is -2.44. The Morgan fingerprint density at radius 1 is 1.39 bits per heavy atom. The molecule has 1 aromatic carbocycles. The number of cyclic esters (lactones) is 1. The van der Waals surface area contributed by atoms with Crippen molar-refractivity contribution in [1.29, 1.82) is 0 Å². The summed E-state index contributed by atoms with van der Waals surface area (Å²) in [7, 11) is 0. The third-order valence-corrected chi connectivity index (χ3v) is 4.37. The molecule has 1 unspecified atom stereocenters. The predicted octanol–water partition coefficient (Wildman–Crippen LogP) is 2.58. The number of amides is 3. The SMILES string of the molecule is CC1CCCN(C(=O)NCc2cccc(N3CCOC3=O)c2)C1. The molecule has 3 rings (SSSR count). The Kier molecular flexibility index (Phi) is 4.69. The maximum Gasteiger partial charge on any atom is 0.414 e. The molecule has 23 heavy (non-hydrogen) atoms. The number of hydrogen-bond donors (Lipinski definition) is 1. The second-order valence-electron chi connectivity index (χ2n) is 6.29. The van der Waals surface area contributed by atoms with E-state index in [0.717, 1.165) is 30.8 Å². The van der Waals surface area contributed by atoms with Crippen molar-refractivity contribution in [3.8, 4) is 0 Å². The topological polar surface area (TPSA) is 61.9 Å². The Balaban J connectivity index is 1.58. The van der Waals surface area contributed by atoms with Gasteiger partial charge in [0.05, 0.1) is 6.54 Å². The molecule has 2 heterocycles. The van der Waals surface area contributed by atoms with Gasteiger partial charge in [-0.05, 0) is 36.5 Å². The third kappa shape index (κ3) is 3.75. The standard InChI is InChI=1S/C17H23N3O3/c1-13-4-3-7-19(12-13)16(21)18-11-14-5-2-6-15(10-14)20-8-9-23-17(20)22/h2,5-6,10,13H,3-4,7-9,11-12H2,1H3,(H,18,21). The lowest BCUT2D eigenvalue weighted by molar-refractivity contribution is 0.169. The van der Waals surface area contributed by atoms with Crippen LogP contribution in [0.1, 0.15) is 25.3 Å². The average Bonchev–Trinajstić information content (AvgIpc) is 2.99. The summed E-state index contributed by atoms with van der Waals surface area (Å²) in [4.78, 5) is 27.4. The number of anilines is 1. The van der Waals surface area contributed by atoms with Gasteiger partial charge in [0.1, 0.15) is 6.61 Å². The van der Waals surface area contributed by atoms with Gasteiger partial charge in [0.15, 0.2) is 0 Å². The predicted molar refractivity (Wildman–Crippen MR) is 87.3 cm³/mol. The van der Waals surface area contributed by atoms with Gasteiger partial charge in [0.25, 0.3) is 0 Å². The number of benzene rings is 1. The van der Waals surface area contributed by atoms with Gasteiger partial charge in [-0.3, -0.25) is 4.90 Å². The molecule has 1 N–H and O–H groups in total. The Morgan fingerprint density at radius 2 is 2.26 bits per heavy atom. The highest BCUT2D eigenvalue weighted by atomic mass is 16.6. The van der Waals surface area contributed by atoms with Gasteiger partial charge < -0.3 is 15.0 Å². The molecule has 1 atom stereocenters. The average molecular weight is 317 g/mol. The number of piperidine rings is 1. The zero-order chi connectivity index (χ0) is 16.2. The van der Waals surface area contributed by atoms with E-state index in [1.54, 1.807) is 4.90 Å². The largest absolute Gasteiger partial charge is 0.447 e. The fourth-order valence-electron chi connectivity index (χ4n) is 3.13. The minimum atomic E-state index is -0.312. The van der Waals surface area contributed by atoms with E-state index >= 15 is 0 Å². The molecule has 0 spiro atoms. The van der Waals surface area contributed by atoms with Crippen molar-refractivity contribution in [2.75, 3.05) is 31.1 Å². The van der Waals surface area contributed by atoms with Crippen molar-refractivity contribution < 1.29 is 14.3 Å². The van der Waals surface area contributed by atoms with Crippen LogP contribution in [-0.4, -0.2) is 43.3 Å². The van der Waals surface area contributed by atoms with Crippen LogP contribution in [0.3, 0.4) is 0 Å². The molecule has 2 aliphatic rings. The molecule has 0 bridgehead atoms. The van der Waals surface area contributed by atoms with Gasteiger partial charge in [0, 0.05) is 25.3 Å². The zero-order valence-electron chi connectivity index (χ0n) is 13.5. The van der Waals surface area contributed by atoms with E-state index in [4.69, 9.17) is 4.74 Å². The van der Waals surface area contributed by atoms with Gasteiger partial charge in [-0.15, -0.1) is 0 Å². The second-order valence-corrected chi connectivity index (χ2v) is 6.29. The molecule has 0 radical (unpaired) electrons. The van der Waals surface area contributed by atoms with E-state index in [9.17, 15) is 9.59 Å². The van der Waals surface area contributed by atoms with E-state index in [-0.39, 0.29) is 12.1 Å². The first-order valence-electron chi connectivity index (χ1n) is 8.19. The number of carbonyl (C=O) groups excluding carboxylic acids is 2. The summed E-state index contributed by atoms with van der Waals surface area (Å²) < 4.78 is 4.96. The van der Waals surface area contributed by atoms with Gasteiger partial charge in [-0.1, -0.05) is 19.1 Å². The molecule has 0 aliphatic carbocycles. The summed E-state index contributed by atoms with van der Waals surface area (Å²) in [6, 6.07) is 7.63. The minimum Gasteiger partial charge on any atom is -0.447 e. The first-order chi connectivity index (χ1) is 11.1. The molecule has 2 fully saturated rings. The zero-order valence-corrected chi connectivity index (χ0v) is 13.5. The van der Waals surface area contributed by atoms with Crippen LogP contribution in [0.15, 0.2) is 24.3 Å². The maximum atomic E-state index is 12.2. The summed E-state index contributed by atoms with van der Waals surface area (Å²) >= 11 is 0. The molecule has 0 aromatic heterocycles. The number of urea groups is 1. The highest BCUT2D eigenvalue weighted by Gasteiger charge is 2.24. The van der Waals surface area contributed by atoms with Crippen molar-refractivity contribution in [2.45, 2.75) is 26.3 Å². The van der Waals surface area contributed by atoms with E-state index in [0.29, 0.717) is 25.6 Å². The van der Waals surface area contributed by atoms with Crippen LogP contribution in [0.5, 0.6) is 0 Å². The molecule has 2 aliphatic heterocycles. The first kappa shape index (κ1) is 15.6. The van der Waals surface area contributed by atoms with Gasteiger partial charge in [0.2, 0.25) is 0 Å². The van der Waals surface area contributed by atoms with E-state index in [2.05, 4.69) is 12.2 Å². The smallest absolute Gasteiger partial charge is 0.414 e. The number of nitrogens with zero attached hydrogens (tertiary/aromatic N) is 2. The van der Waals surface area contributed by atoms with Crippen LogP contribution in [0.2, 0.25) is 0 Å². The van der Waals surface area contributed by atoms with E-state index in [1.165, 1.54) is 6.42 Å². The molecule has 124 valence electrons.